The van der Waals surface area contributed by atoms with Gasteiger partial charge < -0.3 is 5.32 Å². The SMILES string of the molecule is CCC1(c2ccc(C(C)C)cc2)NC(=O)N(CC#N)C1=O. The predicted molar refractivity (Wildman–Crippen MR) is 78.4 cm³/mol. The first-order chi connectivity index (χ1) is 9.96. The third-order valence-corrected chi connectivity index (χ3v) is 4.01. The average Bonchev–Trinajstić information content (AvgIpc) is 2.73. The first kappa shape index (κ1) is 15.0. The number of carbonyl (C=O) groups excluding carboxylic acids is 2. The third-order valence-electron chi connectivity index (χ3n) is 4.01. The summed E-state index contributed by atoms with van der Waals surface area (Å²) in [5, 5.41) is 11.5. The molecule has 1 saturated heterocycles. The van der Waals surface area contributed by atoms with Crippen LogP contribution >= 0.6 is 0 Å². The molecule has 21 heavy (non-hydrogen) atoms. The minimum Gasteiger partial charge on any atom is -0.319 e. The molecule has 1 aromatic rings. The van der Waals surface area contributed by atoms with E-state index < -0.39 is 11.6 Å². The molecule has 0 aromatic heterocycles. The Morgan fingerprint density at radius 2 is 1.90 bits per heavy atom. The molecule has 0 saturated carbocycles. The van der Waals surface area contributed by atoms with Crippen LogP contribution in [-0.4, -0.2) is 23.4 Å². The Bertz CT molecular complexity index is 601. The van der Waals surface area contributed by atoms with Gasteiger partial charge in [-0.3, -0.25) is 4.79 Å². The van der Waals surface area contributed by atoms with Crippen LogP contribution in [0.1, 0.15) is 44.2 Å². The lowest BCUT2D eigenvalue weighted by Crippen LogP contribution is -2.43. The molecule has 5 heteroatoms. The van der Waals surface area contributed by atoms with Crippen LogP contribution in [0.15, 0.2) is 24.3 Å². The molecule has 0 radical (unpaired) electrons. The molecule has 5 nitrogen and oxygen atoms in total. The van der Waals surface area contributed by atoms with Crippen LogP contribution in [0.3, 0.4) is 0 Å². The van der Waals surface area contributed by atoms with Gasteiger partial charge >= 0.3 is 6.03 Å². The van der Waals surface area contributed by atoms with Crippen LogP contribution in [0.25, 0.3) is 0 Å². The van der Waals surface area contributed by atoms with Gasteiger partial charge in [-0.15, -0.1) is 0 Å². The van der Waals surface area contributed by atoms with Crippen molar-refractivity contribution < 1.29 is 9.59 Å². The lowest BCUT2D eigenvalue weighted by molar-refractivity contribution is -0.131. The van der Waals surface area contributed by atoms with Gasteiger partial charge in [-0.25, -0.2) is 9.69 Å². The molecule has 1 heterocycles. The summed E-state index contributed by atoms with van der Waals surface area (Å²) < 4.78 is 0. The second-order valence-electron chi connectivity index (χ2n) is 5.52. The van der Waals surface area contributed by atoms with E-state index in [0.29, 0.717) is 12.3 Å². The van der Waals surface area contributed by atoms with Crippen molar-refractivity contribution in [1.82, 2.24) is 10.2 Å². The molecule has 0 aliphatic carbocycles. The van der Waals surface area contributed by atoms with E-state index in [9.17, 15) is 9.59 Å². The highest BCUT2D eigenvalue weighted by molar-refractivity contribution is 6.07. The van der Waals surface area contributed by atoms with Gasteiger partial charge in [0.2, 0.25) is 0 Å². The van der Waals surface area contributed by atoms with Gasteiger partial charge in [-0.05, 0) is 23.5 Å². The highest BCUT2D eigenvalue weighted by Crippen LogP contribution is 2.33. The van der Waals surface area contributed by atoms with Crippen molar-refractivity contribution in [3.63, 3.8) is 0 Å². The zero-order valence-corrected chi connectivity index (χ0v) is 12.5. The Balaban J connectivity index is 2.41. The molecule has 110 valence electrons. The number of hydrogen-bond donors (Lipinski definition) is 1. The van der Waals surface area contributed by atoms with E-state index in [-0.39, 0.29) is 12.5 Å². The first-order valence-corrected chi connectivity index (χ1v) is 7.07. The van der Waals surface area contributed by atoms with Gasteiger partial charge in [0.15, 0.2) is 0 Å². The number of benzene rings is 1. The number of rotatable bonds is 4. The van der Waals surface area contributed by atoms with Crippen molar-refractivity contribution >= 4 is 11.9 Å². The van der Waals surface area contributed by atoms with Crippen LogP contribution < -0.4 is 5.32 Å². The summed E-state index contributed by atoms with van der Waals surface area (Å²) in [5.41, 5.74) is 0.882. The molecule has 1 aliphatic heterocycles. The predicted octanol–water partition coefficient (Wildman–Crippen LogP) is 2.49. The highest BCUT2D eigenvalue weighted by atomic mass is 16.2. The van der Waals surface area contributed by atoms with Crippen LogP contribution in [0.2, 0.25) is 0 Å². The van der Waals surface area contributed by atoms with Crippen LogP contribution in [0.5, 0.6) is 0 Å². The highest BCUT2D eigenvalue weighted by Gasteiger charge is 2.51. The lowest BCUT2D eigenvalue weighted by atomic mass is 9.86. The Morgan fingerprint density at radius 1 is 1.29 bits per heavy atom. The van der Waals surface area contributed by atoms with Gasteiger partial charge in [-0.2, -0.15) is 5.26 Å². The second kappa shape index (κ2) is 5.57. The topological polar surface area (TPSA) is 73.2 Å². The number of amides is 3. The van der Waals surface area contributed by atoms with Gasteiger partial charge in [-0.1, -0.05) is 45.0 Å². The van der Waals surface area contributed by atoms with E-state index in [1.807, 2.05) is 37.3 Å². The average molecular weight is 285 g/mol. The van der Waals surface area contributed by atoms with E-state index in [1.54, 1.807) is 0 Å². The Labute approximate surface area is 124 Å². The summed E-state index contributed by atoms with van der Waals surface area (Å²) in [6, 6.07) is 9.06. The fourth-order valence-electron chi connectivity index (χ4n) is 2.63. The second-order valence-corrected chi connectivity index (χ2v) is 5.52. The number of nitrogens with zero attached hydrogens (tertiary/aromatic N) is 2. The Hall–Kier alpha value is -2.35. The van der Waals surface area contributed by atoms with E-state index >= 15 is 0 Å². The summed E-state index contributed by atoms with van der Waals surface area (Å²) in [7, 11) is 0. The lowest BCUT2D eigenvalue weighted by Gasteiger charge is -2.26. The number of nitriles is 1. The quantitative estimate of drug-likeness (QED) is 0.682. The monoisotopic (exact) mass is 285 g/mol. The summed E-state index contributed by atoms with van der Waals surface area (Å²) >= 11 is 0. The van der Waals surface area contributed by atoms with Crippen molar-refractivity contribution in [2.45, 2.75) is 38.6 Å². The Morgan fingerprint density at radius 3 is 2.38 bits per heavy atom. The molecular weight excluding hydrogens is 266 g/mol. The maximum absolute atomic E-state index is 12.6. The summed E-state index contributed by atoms with van der Waals surface area (Å²) in [5.74, 6) is 0.0504. The minimum absolute atomic E-state index is 0.226. The zero-order valence-electron chi connectivity index (χ0n) is 12.5. The number of hydrogen-bond acceptors (Lipinski definition) is 3. The molecule has 1 aliphatic rings. The number of urea groups is 1. The number of nitrogens with one attached hydrogen (secondary N) is 1. The molecule has 0 bridgehead atoms. The number of carbonyl (C=O) groups is 2. The normalized spacial score (nSPS) is 21.6. The van der Waals surface area contributed by atoms with E-state index in [2.05, 4.69) is 19.2 Å². The van der Waals surface area contributed by atoms with Gasteiger partial charge in [0.1, 0.15) is 12.1 Å². The molecule has 1 aromatic carbocycles. The van der Waals surface area contributed by atoms with Crippen molar-refractivity contribution in [2.24, 2.45) is 0 Å². The van der Waals surface area contributed by atoms with Gasteiger partial charge in [0.25, 0.3) is 5.91 Å². The van der Waals surface area contributed by atoms with Crippen LogP contribution in [0, 0.1) is 11.3 Å². The van der Waals surface area contributed by atoms with Gasteiger partial charge in [0, 0.05) is 0 Å². The standard InChI is InChI=1S/C16H19N3O2/c1-4-16(13-7-5-12(6-8-13)11(2)3)14(20)19(10-9-17)15(21)18-16/h5-8,11H,4,10H2,1-3H3,(H,18,21). The smallest absolute Gasteiger partial charge is 0.319 e. The van der Waals surface area contributed by atoms with Crippen molar-refractivity contribution in [3.05, 3.63) is 35.4 Å². The minimum atomic E-state index is -1.05. The zero-order chi connectivity index (χ0) is 15.6. The molecule has 1 fully saturated rings. The number of imide groups is 1. The molecule has 3 amide bonds. The van der Waals surface area contributed by atoms with E-state index in [4.69, 9.17) is 5.26 Å². The molecule has 0 spiro atoms. The molecule has 1 unspecified atom stereocenters. The molecule has 1 N–H and O–H groups in total. The van der Waals surface area contributed by atoms with E-state index in [0.717, 1.165) is 10.5 Å². The molecule has 1 atom stereocenters. The van der Waals surface area contributed by atoms with E-state index in [1.165, 1.54) is 5.56 Å². The largest absolute Gasteiger partial charge is 0.326 e. The van der Waals surface area contributed by atoms with Gasteiger partial charge in [0.05, 0.1) is 6.07 Å². The first-order valence-electron chi connectivity index (χ1n) is 7.07. The maximum atomic E-state index is 12.6. The third kappa shape index (κ3) is 2.38. The maximum Gasteiger partial charge on any atom is 0.326 e. The molecular formula is C16H19N3O2. The summed E-state index contributed by atoms with van der Waals surface area (Å²) in [4.78, 5) is 25.5. The Kier molecular flexibility index (Phi) is 3.99. The van der Waals surface area contributed by atoms with Crippen LogP contribution in [0.4, 0.5) is 4.79 Å². The fourth-order valence-corrected chi connectivity index (χ4v) is 2.63. The van der Waals surface area contributed by atoms with Crippen molar-refractivity contribution in [1.29, 1.82) is 5.26 Å². The summed E-state index contributed by atoms with van der Waals surface area (Å²) in [6.07, 6.45) is 0.445. The van der Waals surface area contributed by atoms with Crippen molar-refractivity contribution in [2.75, 3.05) is 6.54 Å². The van der Waals surface area contributed by atoms with Crippen LogP contribution in [-0.2, 0) is 10.3 Å². The fraction of sp³-hybridized carbons (Fsp3) is 0.438. The van der Waals surface area contributed by atoms with Crippen molar-refractivity contribution in [3.8, 4) is 6.07 Å². The molecule has 2 rings (SSSR count). The summed E-state index contributed by atoms with van der Waals surface area (Å²) in [6.45, 7) is 5.82.